The van der Waals surface area contributed by atoms with Gasteiger partial charge in [0.2, 0.25) is 5.91 Å². The van der Waals surface area contributed by atoms with E-state index in [-0.39, 0.29) is 11.5 Å². The van der Waals surface area contributed by atoms with Crippen molar-refractivity contribution in [2.24, 2.45) is 4.36 Å². The van der Waals surface area contributed by atoms with Crippen LogP contribution in [0, 0.1) is 0 Å². The maximum absolute atomic E-state index is 12.5. The van der Waals surface area contributed by atoms with Crippen molar-refractivity contribution in [3.63, 3.8) is 0 Å². The number of rotatable bonds is 5. The summed E-state index contributed by atoms with van der Waals surface area (Å²) in [6.45, 7) is 2.25. The quantitative estimate of drug-likeness (QED) is 0.726. The van der Waals surface area contributed by atoms with Crippen molar-refractivity contribution in [1.82, 2.24) is 9.88 Å². The van der Waals surface area contributed by atoms with Gasteiger partial charge in [-0.3, -0.25) is 9.78 Å². The third-order valence-electron chi connectivity index (χ3n) is 5.13. The Morgan fingerprint density at radius 2 is 2.27 bits per heavy atom. The number of hydrogen-bond donors (Lipinski definition) is 0. The van der Waals surface area contributed by atoms with Crippen molar-refractivity contribution in [3.05, 3.63) is 24.5 Å². The monoisotopic (exact) mass is 381 g/mol. The van der Waals surface area contributed by atoms with E-state index in [0.717, 1.165) is 5.75 Å². The molecule has 8 heteroatoms. The molecule has 0 atom stereocenters. The minimum absolute atomic E-state index is 0.133. The van der Waals surface area contributed by atoms with E-state index in [9.17, 15) is 9.00 Å². The number of morpholine rings is 1. The minimum Gasteiger partial charge on any atom is -0.492 e. The molecule has 3 rings (SSSR count). The van der Waals surface area contributed by atoms with Gasteiger partial charge >= 0.3 is 0 Å². The molecule has 1 aromatic heterocycles. The predicted molar refractivity (Wildman–Crippen MR) is 99.7 cm³/mol. The highest BCUT2D eigenvalue weighted by atomic mass is 32.2. The highest BCUT2D eigenvalue weighted by Crippen LogP contribution is 2.32. The first-order valence-electron chi connectivity index (χ1n) is 9.09. The van der Waals surface area contributed by atoms with E-state index in [1.165, 1.54) is 0 Å². The average molecular weight is 381 g/mol. The van der Waals surface area contributed by atoms with Gasteiger partial charge < -0.3 is 14.4 Å². The number of pyridine rings is 1. The molecule has 0 aromatic carbocycles. The maximum Gasteiger partial charge on any atom is 0.222 e. The summed E-state index contributed by atoms with van der Waals surface area (Å²) in [5, 5.41) is 0. The van der Waals surface area contributed by atoms with Gasteiger partial charge in [0.05, 0.1) is 25.0 Å². The van der Waals surface area contributed by atoms with Crippen LogP contribution in [0.4, 0.5) is 0 Å². The summed E-state index contributed by atoms with van der Waals surface area (Å²) >= 11 is 0. The number of carbonyl (C=O) groups excluding carboxylic acids is 1. The Morgan fingerprint density at radius 1 is 1.46 bits per heavy atom. The summed E-state index contributed by atoms with van der Waals surface area (Å²) in [5.41, 5.74) is -0.342. The Labute approximate surface area is 155 Å². The fourth-order valence-electron chi connectivity index (χ4n) is 3.46. The summed E-state index contributed by atoms with van der Waals surface area (Å²) in [6, 6.07) is 3.67. The van der Waals surface area contributed by atoms with Crippen molar-refractivity contribution in [2.75, 3.05) is 44.9 Å². The van der Waals surface area contributed by atoms with Gasteiger partial charge in [-0.25, -0.2) is 8.57 Å². The smallest absolute Gasteiger partial charge is 0.222 e. The molecule has 26 heavy (non-hydrogen) atoms. The van der Waals surface area contributed by atoms with Crippen LogP contribution in [-0.2, 0) is 19.3 Å². The lowest BCUT2D eigenvalue weighted by Gasteiger charge is -2.45. The van der Waals surface area contributed by atoms with Crippen LogP contribution in [0.5, 0.6) is 5.75 Å². The Balaban J connectivity index is 1.45. The molecule has 2 aliphatic heterocycles. The zero-order valence-electron chi connectivity index (χ0n) is 15.3. The van der Waals surface area contributed by atoms with Crippen LogP contribution in [-0.4, -0.2) is 70.5 Å². The van der Waals surface area contributed by atoms with Crippen LogP contribution < -0.4 is 4.74 Å². The zero-order valence-corrected chi connectivity index (χ0v) is 16.1. The van der Waals surface area contributed by atoms with Crippen molar-refractivity contribution in [3.8, 4) is 5.75 Å². The summed E-state index contributed by atoms with van der Waals surface area (Å²) in [5.74, 6) is 1.97. The summed E-state index contributed by atoms with van der Waals surface area (Å²) in [7, 11) is -0.435. The van der Waals surface area contributed by atoms with Gasteiger partial charge in [-0.15, -0.1) is 0 Å². The van der Waals surface area contributed by atoms with E-state index < -0.39 is 9.73 Å². The predicted octanol–water partition coefficient (Wildman–Crippen LogP) is 1.73. The Kier molecular flexibility index (Phi) is 6.13. The van der Waals surface area contributed by atoms with Crippen molar-refractivity contribution in [2.45, 2.75) is 31.3 Å². The molecular weight excluding hydrogens is 354 g/mol. The topological polar surface area (TPSA) is 81.1 Å². The van der Waals surface area contributed by atoms with Crippen LogP contribution in [0.15, 0.2) is 28.9 Å². The number of hydrogen-bond acceptors (Lipinski definition) is 6. The molecular formula is C18H27N3O4S. The van der Waals surface area contributed by atoms with Crippen molar-refractivity contribution >= 4 is 15.6 Å². The van der Waals surface area contributed by atoms with Crippen LogP contribution in [0.2, 0.25) is 0 Å². The lowest BCUT2D eigenvalue weighted by atomic mass is 9.94. The summed E-state index contributed by atoms with van der Waals surface area (Å²) < 4.78 is 28.0. The van der Waals surface area contributed by atoms with E-state index in [1.807, 2.05) is 17.0 Å². The molecule has 1 aromatic rings. The number of aromatic nitrogens is 1. The molecule has 2 aliphatic rings. The standard InChI is InChI=1S/C18H27N3O4S/c1-19-26(23)12-6-18(7-13-26)15-21(9-11-25-18)17(22)5-3-10-24-16-4-2-8-20-14-16/h2,4,8,14H,3,5-7,9-13,15H2,1H3. The normalized spacial score (nSPS) is 28.7. The maximum atomic E-state index is 12.5. The fraction of sp³-hybridized carbons (Fsp3) is 0.667. The molecule has 0 radical (unpaired) electrons. The molecule has 0 saturated carbocycles. The lowest BCUT2D eigenvalue weighted by molar-refractivity contribution is -0.152. The van der Waals surface area contributed by atoms with Gasteiger partial charge in [-0.2, -0.15) is 0 Å². The molecule has 1 spiro atoms. The second kappa shape index (κ2) is 8.35. The molecule has 3 heterocycles. The molecule has 1 amide bonds. The lowest BCUT2D eigenvalue weighted by Crippen LogP contribution is -2.56. The highest BCUT2D eigenvalue weighted by Gasteiger charge is 2.41. The minimum atomic E-state index is -2.07. The molecule has 2 saturated heterocycles. The fourth-order valence-corrected chi connectivity index (χ4v) is 5.42. The van der Waals surface area contributed by atoms with Crippen LogP contribution in [0.25, 0.3) is 0 Å². The summed E-state index contributed by atoms with van der Waals surface area (Å²) in [4.78, 5) is 18.4. The molecule has 0 aliphatic carbocycles. The Hall–Kier alpha value is -1.67. The Morgan fingerprint density at radius 3 is 2.96 bits per heavy atom. The van der Waals surface area contributed by atoms with Crippen LogP contribution in [0.1, 0.15) is 25.7 Å². The van der Waals surface area contributed by atoms with Crippen molar-refractivity contribution < 1.29 is 18.5 Å². The third-order valence-corrected chi connectivity index (χ3v) is 7.47. The van der Waals surface area contributed by atoms with Crippen LogP contribution in [0.3, 0.4) is 0 Å². The van der Waals surface area contributed by atoms with E-state index in [4.69, 9.17) is 9.47 Å². The van der Waals surface area contributed by atoms with E-state index in [0.29, 0.717) is 63.5 Å². The molecule has 0 unspecified atom stereocenters. The first-order chi connectivity index (χ1) is 12.5. The second-order valence-electron chi connectivity index (χ2n) is 6.85. The molecule has 144 valence electrons. The second-order valence-corrected chi connectivity index (χ2v) is 9.58. The van der Waals surface area contributed by atoms with Gasteiger partial charge in [-0.05, 0) is 31.4 Å². The molecule has 0 N–H and O–H groups in total. The first kappa shape index (κ1) is 19.1. The van der Waals surface area contributed by atoms with Gasteiger partial charge in [0, 0.05) is 54.0 Å². The first-order valence-corrected chi connectivity index (χ1v) is 10.9. The van der Waals surface area contributed by atoms with Crippen LogP contribution >= 0.6 is 0 Å². The highest BCUT2D eigenvalue weighted by molar-refractivity contribution is 7.93. The number of amides is 1. The average Bonchev–Trinajstić information content (AvgIpc) is 2.69. The number of carbonyl (C=O) groups is 1. The number of nitrogens with zero attached hydrogens (tertiary/aromatic N) is 3. The van der Waals surface area contributed by atoms with Gasteiger partial charge in [0.15, 0.2) is 0 Å². The number of ether oxygens (including phenoxy) is 2. The third kappa shape index (κ3) is 4.73. The van der Waals surface area contributed by atoms with E-state index in [2.05, 4.69) is 9.35 Å². The summed E-state index contributed by atoms with van der Waals surface area (Å²) in [6.07, 6.45) is 5.90. The van der Waals surface area contributed by atoms with Gasteiger partial charge in [0.25, 0.3) is 0 Å². The van der Waals surface area contributed by atoms with E-state index >= 15 is 0 Å². The Bertz CT molecular complexity index is 717. The largest absolute Gasteiger partial charge is 0.492 e. The van der Waals surface area contributed by atoms with Crippen molar-refractivity contribution in [1.29, 1.82) is 0 Å². The van der Waals surface area contributed by atoms with Gasteiger partial charge in [-0.1, -0.05) is 0 Å². The molecule has 7 nitrogen and oxygen atoms in total. The molecule has 2 fully saturated rings. The SMILES string of the molecule is CN=S1(=O)CCC2(CC1)CN(C(=O)CCCOc1cccnc1)CCO2. The van der Waals surface area contributed by atoms with Gasteiger partial charge in [0.1, 0.15) is 5.75 Å². The zero-order chi connectivity index (χ0) is 18.5. The van der Waals surface area contributed by atoms with E-state index in [1.54, 1.807) is 19.4 Å². The molecule has 0 bridgehead atoms.